The Bertz CT molecular complexity index is 643. The van der Waals surface area contributed by atoms with Crippen molar-refractivity contribution in [1.29, 1.82) is 0 Å². The molecule has 0 atom stereocenters. The van der Waals surface area contributed by atoms with Crippen molar-refractivity contribution in [3.63, 3.8) is 0 Å². The van der Waals surface area contributed by atoms with Gasteiger partial charge in [-0.05, 0) is 37.3 Å². The van der Waals surface area contributed by atoms with E-state index in [0.717, 1.165) is 10.0 Å². The summed E-state index contributed by atoms with van der Waals surface area (Å²) in [7, 11) is 0. The number of carboxylic acids is 1. The maximum absolute atomic E-state index is 11.2. The molecule has 0 aromatic heterocycles. The molecule has 0 saturated heterocycles. The van der Waals surface area contributed by atoms with E-state index in [1.165, 1.54) is 0 Å². The molecular formula is C14H11BrClNO2. The van der Waals surface area contributed by atoms with Crippen LogP contribution in [0, 0.1) is 6.92 Å². The van der Waals surface area contributed by atoms with Crippen LogP contribution in [-0.2, 0) is 0 Å². The highest BCUT2D eigenvalue weighted by molar-refractivity contribution is 9.10. The fourth-order valence-electron chi connectivity index (χ4n) is 1.68. The lowest BCUT2D eigenvalue weighted by atomic mass is 10.1. The summed E-state index contributed by atoms with van der Waals surface area (Å²) in [6.45, 7) is 1.85. The van der Waals surface area contributed by atoms with Gasteiger partial charge in [0.05, 0.1) is 22.0 Å². The zero-order valence-electron chi connectivity index (χ0n) is 10.1. The summed E-state index contributed by atoms with van der Waals surface area (Å²) in [5.74, 6) is -0.973. The molecule has 0 amide bonds. The Hall–Kier alpha value is -1.52. The second-order valence-corrected chi connectivity index (χ2v) is 5.43. The molecule has 5 heteroatoms. The van der Waals surface area contributed by atoms with Crippen molar-refractivity contribution in [2.75, 3.05) is 5.32 Å². The summed E-state index contributed by atoms with van der Waals surface area (Å²) in [5, 5.41) is 12.8. The normalized spacial score (nSPS) is 10.3. The molecule has 0 aliphatic carbocycles. The Morgan fingerprint density at radius 3 is 2.53 bits per heavy atom. The van der Waals surface area contributed by atoms with E-state index in [2.05, 4.69) is 21.2 Å². The molecule has 0 bridgehead atoms. The third-order valence-corrected chi connectivity index (χ3v) is 3.41. The van der Waals surface area contributed by atoms with Crippen molar-refractivity contribution in [2.45, 2.75) is 6.92 Å². The van der Waals surface area contributed by atoms with Crippen molar-refractivity contribution in [3.05, 3.63) is 57.0 Å². The molecule has 98 valence electrons. The quantitative estimate of drug-likeness (QED) is 0.839. The number of benzene rings is 2. The average molecular weight is 341 g/mol. The van der Waals surface area contributed by atoms with Gasteiger partial charge in [-0.15, -0.1) is 0 Å². The van der Waals surface area contributed by atoms with E-state index in [-0.39, 0.29) is 5.56 Å². The van der Waals surface area contributed by atoms with E-state index in [1.54, 1.807) is 24.3 Å². The first-order valence-electron chi connectivity index (χ1n) is 5.53. The van der Waals surface area contributed by atoms with Crippen LogP contribution in [0.4, 0.5) is 11.4 Å². The fraction of sp³-hybridized carbons (Fsp3) is 0.0714. The van der Waals surface area contributed by atoms with Crippen molar-refractivity contribution in [2.24, 2.45) is 0 Å². The molecule has 2 rings (SSSR count). The number of anilines is 2. The summed E-state index contributed by atoms with van der Waals surface area (Å²) in [5.41, 5.74) is 2.29. The van der Waals surface area contributed by atoms with Gasteiger partial charge in [-0.2, -0.15) is 0 Å². The third-order valence-electron chi connectivity index (χ3n) is 2.61. The number of aryl methyl sites for hydroxylation is 1. The van der Waals surface area contributed by atoms with Crippen LogP contribution >= 0.6 is 27.5 Å². The second kappa shape index (κ2) is 5.63. The number of aromatic carboxylic acids is 1. The number of hydrogen-bond acceptors (Lipinski definition) is 2. The van der Waals surface area contributed by atoms with E-state index >= 15 is 0 Å². The maximum Gasteiger partial charge on any atom is 0.337 e. The number of hydrogen-bond donors (Lipinski definition) is 2. The molecule has 0 radical (unpaired) electrons. The zero-order valence-corrected chi connectivity index (χ0v) is 12.4. The van der Waals surface area contributed by atoms with Crippen molar-refractivity contribution in [1.82, 2.24) is 0 Å². The first kappa shape index (κ1) is 13.9. The van der Waals surface area contributed by atoms with Gasteiger partial charge >= 0.3 is 5.97 Å². The molecule has 3 nitrogen and oxygen atoms in total. The van der Waals surface area contributed by atoms with Gasteiger partial charge in [0.2, 0.25) is 0 Å². The molecule has 0 aliphatic rings. The van der Waals surface area contributed by atoms with E-state index in [1.807, 2.05) is 19.1 Å². The molecule has 2 N–H and O–H groups in total. The summed E-state index contributed by atoms with van der Waals surface area (Å²) < 4.78 is 0.866. The van der Waals surface area contributed by atoms with Crippen molar-refractivity contribution < 1.29 is 9.90 Å². The second-order valence-electron chi connectivity index (χ2n) is 4.10. The Morgan fingerprint density at radius 2 is 1.89 bits per heavy atom. The van der Waals surface area contributed by atoms with E-state index in [9.17, 15) is 9.90 Å². The van der Waals surface area contributed by atoms with Crippen molar-refractivity contribution in [3.8, 4) is 0 Å². The van der Waals surface area contributed by atoms with Gasteiger partial charge < -0.3 is 10.4 Å². The Labute approximate surface area is 124 Å². The van der Waals surface area contributed by atoms with Gasteiger partial charge in [0.1, 0.15) is 0 Å². The van der Waals surface area contributed by atoms with Gasteiger partial charge in [0.25, 0.3) is 0 Å². The molecule has 0 unspecified atom stereocenters. The fourth-order valence-corrected chi connectivity index (χ4v) is 2.40. The number of nitrogens with one attached hydrogen (secondary N) is 1. The molecule has 2 aromatic carbocycles. The number of rotatable bonds is 3. The Kier molecular flexibility index (Phi) is 4.12. The predicted octanol–water partition coefficient (Wildman–Crippen LogP) is 4.85. The SMILES string of the molecule is Cc1ccc(Nc2ccc(Br)cc2Cl)c(C(=O)O)c1. The first-order chi connectivity index (χ1) is 8.97. The molecule has 19 heavy (non-hydrogen) atoms. The zero-order chi connectivity index (χ0) is 14.0. The minimum absolute atomic E-state index is 0.221. The summed E-state index contributed by atoms with van der Waals surface area (Å²) >= 11 is 9.43. The van der Waals surface area contributed by atoms with Crippen LogP contribution in [0.1, 0.15) is 15.9 Å². The van der Waals surface area contributed by atoms with Gasteiger partial charge in [-0.3, -0.25) is 0 Å². The highest BCUT2D eigenvalue weighted by Gasteiger charge is 2.11. The van der Waals surface area contributed by atoms with Gasteiger partial charge in [0.15, 0.2) is 0 Å². The first-order valence-corrected chi connectivity index (χ1v) is 6.70. The smallest absolute Gasteiger partial charge is 0.337 e. The summed E-state index contributed by atoms with van der Waals surface area (Å²) in [6.07, 6.45) is 0. The van der Waals surface area contributed by atoms with E-state index < -0.39 is 5.97 Å². The highest BCUT2D eigenvalue weighted by Crippen LogP contribution is 2.30. The molecule has 0 aliphatic heterocycles. The molecule has 0 saturated carbocycles. The average Bonchev–Trinajstić information content (AvgIpc) is 2.34. The standard InChI is InChI=1S/C14H11BrClNO2/c1-8-2-4-12(10(6-8)14(18)19)17-13-5-3-9(15)7-11(13)16/h2-7,17H,1H3,(H,18,19). The highest BCUT2D eigenvalue weighted by atomic mass is 79.9. The largest absolute Gasteiger partial charge is 0.478 e. The van der Waals surface area contributed by atoms with Gasteiger partial charge in [0, 0.05) is 4.47 Å². The van der Waals surface area contributed by atoms with Crippen LogP contribution in [0.15, 0.2) is 40.9 Å². The van der Waals surface area contributed by atoms with E-state index in [0.29, 0.717) is 16.4 Å². The van der Waals surface area contributed by atoms with Crippen LogP contribution in [-0.4, -0.2) is 11.1 Å². The Balaban J connectivity index is 2.40. The topological polar surface area (TPSA) is 49.3 Å². The number of carboxylic acid groups (broad SMARTS) is 1. The molecule has 0 fully saturated rings. The maximum atomic E-state index is 11.2. The minimum Gasteiger partial charge on any atom is -0.478 e. The van der Waals surface area contributed by atoms with Crippen LogP contribution in [0.3, 0.4) is 0 Å². The summed E-state index contributed by atoms with van der Waals surface area (Å²) in [4.78, 5) is 11.2. The van der Waals surface area contributed by atoms with Gasteiger partial charge in [-0.25, -0.2) is 4.79 Å². The lowest BCUT2D eigenvalue weighted by Gasteiger charge is -2.12. The minimum atomic E-state index is -0.973. The molecule has 2 aromatic rings. The van der Waals surface area contributed by atoms with Crippen LogP contribution in [0.25, 0.3) is 0 Å². The monoisotopic (exact) mass is 339 g/mol. The lowest BCUT2D eigenvalue weighted by Crippen LogP contribution is -2.03. The predicted molar refractivity (Wildman–Crippen MR) is 80.6 cm³/mol. The summed E-state index contributed by atoms with van der Waals surface area (Å²) in [6, 6.07) is 10.6. The van der Waals surface area contributed by atoms with Gasteiger partial charge in [-0.1, -0.05) is 39.2 Å². The van der Waals surface area contributed by atoms with Crippen LogP contribution in [0.2, 0.25) is 5.02 Å². The molecule has 0 heterocycles. The third kappa shape index (κ3) is 3.28. The van der Waals surface area contributed by atoms with E-state index in [4.69, 9.17) is 11.6 Å². The Morgan fingerprint density at radius 1 is 1.21 bits per heavy atom. The molecule has 0 spiro atoms. The van der Waals surface area contributed by atoms with Crippen molar-refractivity contribution >= 4 is 44.9 Å². The number of halogens is 2. The van der Waals surface area contributed by atoms with Crippen LogP contribution in [0.5, 0.6) is 0 Å². The lowest BCUT2D eigenvalue weighted by molar-refractivity contribution is 0.0698. The number of carbonyl (C=O) groups is 1. The molecular weight excluding hydrogens is 330 g/mol. The van der Waals surface area contributed by atoms with Crippen LogP contribution < -0.4 is 5.32 Å².